The van der Waals surface area contributed by atoms with Gasteiger partial charge in [0.25, 0.3) is 10.1 Å². The van der Waals surface area contributed by atoms with Gasteiger partial charge in [0, 0.05) is 28.6 Å². The maximum Gasteiger partial charge on any atom is 0.294 e. The maximum atomic E-state index is 13.2. The molecule has 3 aromatic carbocycles. The van der Waals surface area contributed by atoms with Crippen molar-refractivity contribution in [3.8, 4) is 0 Å². The average Bonchev–Trinajstić information content (AvgIpc) is 2.71. The highest BCUT2D eigenvalue weighted by atomic mass is 32.2. The standard InChI is InChI=1S/C22H16N2O5S/c1-11-7-12(30(27,28)29)8-16-20(11)23-17-9-15-19(10-14(17)22(16)26)24(2)18-6-4-3-5-13(18)21(15)25/h3-10H,1-2H3,(H,23,26)(H,27,28,29). The lowest BCUT2D eigenvalue weighted by molar-refractivity contribution is 0.483. The molecule has 0 aliphatic rings. The number of rotatable bonds is 1. The predicted molar refractivity (Wildman–Crippen MR) is 117 cm³/mol. The van der Waals surface area contributed by atoms with E-state index in [9.17, 15) is 22.6 Å². The molecule has 5 rings (SSSR count). The number of pyridine rings is 2. The van der Waals surface area contributed by atoms with E-state index in [-0.39, 0.29) is 21.1 Å². The highest BCUT2D eigenvalue weighted by Crippen LogP contribution is 2.26. The molecular formula is C22H16N2O5S. The van der Waals surface area contributed by atoms with Crippen molar-refractivity contribution in [2.45, 2.75) is 11.8 Å². The van der Waals surface area contributed by atoms with Crippen LogP contribution in [-0.4, -0.2) is 22.5 Å². The van der Waals surface area contributed by atoms with Gasteiger partial charge in [-0.05, 0) is 48.9 Å². The topological polar surface area (TPSA) is 109 Å². The Hall–Kier alpha value is -3.49. The van der Waals surface area contributed by atoms with Crippen molar-refractivity contribution in [3.63, 3.8) is 0 Å². The number of hydrogen-bond acceptors (Lipinski definition) is 4. The van der Waals surface area contributed by atoms with Crippen LogP contribution in [0.25, 0.3) is 43.6 Å². The van der Waals surface area contributed by atoms with Crippen LogP contribution in [0.3, 0.4) is 0 Å². The normalized spacial score (nSPS) is 12.4. The molecule has 0 bridgehead atoms. The molecule has 0 aliphatic heterocycles. The van der Waals surface area contributed by atoms with Crippen LogP contribution in [0.1, 0.15) is 5.56 Å². The van der Waals surface area contributed by atoms with Crippen molar-refractivity contribution in [2.75, 3.05) is 0 Å². The zero-order valence-corrected chi connectivity index (χ0v) is 16.9. The first-order chi connectivity index (χ1) is 14.2. The number of nitrogens with zero attached hydrogens (tertiary/aromatic N) is 1. The van der Waals surface area contributed by atoms with Gasteiger partial charge >= 0.3 is 0 Å². The van der Waals surface area contributed by atoms with Crippen molar-refractivity contribution in [2.24, 2.45) is 7.05 Å². The molecule has 150 valence electrons. The van der Waals surface area contributed by atoms with Crippen LogP contribution in [0.5, 0.6) is 0 Å². The molecule has 0 saturated carbocycles. The molecule has 2 heterocycles. The average molecular weight is 420 g/mol. The number of benzene rings is 3. The molecule has 0 radical (unpaired) electrons. The summed E-state index contributed by atoms with van der Waals surface area (Å²) in [6.07, 6.45) is 0. The second kappa shape index (κ2) is 6.01. The Bertz CT molecular complexity index is 1780. The molecule has 5 aromatic rings. The molecule has 0 spiro atoms. The van der Waals surface area contributed by atoms with Gasteiger partial charge in [0.2, 0.25) is 0 Å². The van der Waals surface area contributed by atoms with E-state index in [4.69, 9.17) is 0 Å². The number of fused-ring (bicyclic) bond motifs is 4. The first-order valence-electron chi connectivity index (χ1n) is 9.16. The molecule has 0 amide bonds. The summed E-state index contributed by atoms with van der Waals surface area (Å²) in [5.41, 5.74) is 2.27. The number of H-pyrrole nitrogens is 1. The fraction of sp³-hybridized carbons (Fsp3) is 0.0909. The van der Waals surface area contributed by atoms with E-state index >= 15 is 0 Å². The third kappa shape index (κ3) is 2.51. The Balaban J connectivity index is 2.01. The predicted octanol–water partition coefficient (Wildman–Crippen LogP) is 3.24. The smallest absolute Gasteiger partial charge is 0.294 e. The van der Waals surface area contributed by atoms with E-state index in [1.54, 1.807) is 25.1 Å². The van der Waals surface area contributed by atoms with Gasteiger partial charge in [-0.15, -0.1) is 0 Å². The van der Waals surface area contributed by atoms with Gasteiger partial charge in [-0.3, -0.25) is 14.1 Å². The third-order valence-electron chi connectivity index (χ3n) is 5.61. The third-order valence-corrected chi connectivity index (χ3v) is 6.44. The Morgan fingerprint density at radius 2 is 1.57 bits per heavy atom. The van der Waals surface area contributed by atoms with E-state index < -0.39 is 10.1 Å². The molecule has 0 unspecified atom stereocenters. The SMILES string of the molecule is Cc1cc(S(=O)(=O)O)cc2c(=O)c3cc4c(cc3[nH]c12)c(=O)c1ccccc1n4C. The summed E-state index contributed by atoms with van der Waals surface area (Å²) in [6, 6.07) is 13.0. The molecule has 7 nitrogen and oxygen atoms in total. The lowest BCUT2D eigenvalue weighted by Crippen LogP contribution is -2.12. The quantitative estimate of drug-likeness (QED) is 0.320. The molecule has 0 saturated heterocycles. The van der Waals surface area contributed by atoms with Crippen LogP contribution in [-0.2, 0) is 17.2 Å². The van der Waals surface area contributed by atoms with Crippen LogP contribution >= 0.6 is 0 Å². The van der Waals surface area contributed by atoms with Crippen molar-refractivity contribution < 1.29 is 13.0 Å². The van der Waals surface area contributed by atoms with E-state index in [0.717, 1.165) is 5.52 Å². The lowest BCUT2D eigenvalue weighted by Gasteiger charge is -2.12. The van der Waals surface area contributed by atoms with Gasteiger partial charge in [0.05, 0.1) is 27.0 Å². The van der Waals surface area contributed by atoms with Gasteiger partial charge in [-0.25, -0.2) is 0 Å². The van der Waals surface area contributed by atoms with Gasteiger partial charge < -0.3 is 9.55 Å². The fourth-order valence-corrected chi connectivity index (χ4v) is 4.69. The molecule has 2 N–H and O–H groups in total. The van der Waals surface area contributed by atoms with Crippen LogP contribution in [0.2, 0.25) is 0 Å². The monoisotopic (exact) mass is 420 g/mol. The number of aromatic amines is 1. The Morgan fingerprint density at radius 3 is 2.30 bits per heavy atom. The lowest BCUT2D eigenvalue weighted by atomic mass is 10.0. The minimum absolute atomic E-state index is 0.125. The van der Waals surface area contributed by atoms with E-state index in [0.29, 0.717) is 38.3 Å². The zero-order valence-electron chi connectivity index (χ0n) is 16.1. The number of para-hydroxylation sites is 1. The second-order valence-corrected chi connectivity index (χ2v) is 8.83. The Morgan fingerprint density at radius 1 is 0.867 bits per heavy atom. The summed E-state index contributed by atoms with van der Waals surface area (Å²) < 4.78 is 34.4. The maximum absolute atomic E-state index is 13.2. The minimum Gasteiger partial charge on any atom is -0.354 e. The molecule has 30 heavy (non-hydrogen) atoms. The summed E-state index contributed by atoms with van der Waals surface area (Å²) in [7, 11) is -2.63. The van der Waals surface area contributed by atoms with Crippen LogP contribution in [0.4, 0.5) is 0 Å². The Kier molecular flexibility index (Phi) is 3.71. The molecule has 8 heteroatoms. The number of nitrogens with one attached hydrogen (secondary N) is 1. The molecule has 2 aromatic heterocycles. The van der Waals surface area contributed by atoms with Gasteiger partial charge in [0.15, 0.2) is 10.9 Å². The van der Waals surface area contributed by atoms with Crippen LogP contribution < -0.4 is 10.9 Å². The van der Waals surface area contributed by atoms with Crippen molar-refractivity contribution in [3.05, 3.63) is 74.5 Å². The second-order valence-electron chi connectivity index (χ2n) is 7.41. The summed E-state index contributed by atoms with van der Waals surface area (Å²) in [5, 5.41) is 1.54. The highest BCUT2D eigenvalue weighted by molar-refractivity contribution is 7.85. The molecule has 0 aliphatic carbocycles. The molecular weight excluding hydrogens is 404 g/mol. The molecule has 0 fully saturated rings. The van der Waals surface area contributed by atoms with Crippen molar-refractivity contribution >= 4 is 53.7 Å². The number of hydrogen-bond donors (Lipinski definition) is 2. The largest absolute Gasteiger partial charge is 0.354 e. The number of aryl methyl sites for hydroxylation is 2. The first-order valence-corrected chi connectivity index (χ1v) is 10.6. The van der Waals surface area contributed by atoms with Crippen molar-refractivity contribution in [1.29, 1.82) is 0 Å². The van der Waals surface area contributed by atoms with Crippen LogP contribution in [0, 0.1) is 6.92 Å². The van der Waals surface area contributed by atoms with Crippen LogP contribution in [0.15, 0.2) is 63.0 Å². The summed E-state index contributed by atoms with van der Waals surface area (Å²) in [5.74, 6) is 0. The van der Waals surface area contributed by atoms with Crippen molar-refractivity contribution in [1.82, 2.24) is 9.55 Å². The van der Waals surface area contributed by atoms with Gasteiger partial charge in [0.1, 0.15) is 0 Å². The summed E-state index contributed by atoms with van der Waals surface area (Å²) >= 11 is 0. The van der Waals surface area contributed by atoms with Gasteiger partial charge in [-0.2, -0.15) is 8.42 Å². The summed E-state index contributed by atoms with van der Waals surface area (Å²) in [4.78, 5) is 29.1. The van der Waals surface area contributed by atoms with E-state index in [1.807, 2.05) is 29.8 Å². The number of aromatic nitrogens is 2. The van der Waals surface area contributed by atoms with E-state index in [1.165, 1.54) is 12.1 Å². The highest BCUT2D eigenvalue weighted by Gasteiger charge is 2.17. The molecule has 0 atom stereocenters. The van der Waals surface area contributed by atoms with E-state index in [2.05, 4.69) is 4.98 Å². The first kappa shape index (κ1) is 18.5. The van der Waals surface area contributed by atoms with Gasteiger partial charge in [-0.1, -0.05) is 12.1 Å². The fourth-order valence-electron chi connectivity index (χ4n) is 4.10. The zero-order chi connectivity index (χ0) is 21.4. The summed E-state index contributed by atoms with van der Waals surface area (Å²) in [6.45, 7) is 1.65. The Labute approximate surface area is 169 Å². The minimum atomic E-state index is -4.46.